The van der Waals surface area contributed by atoms with E-state index < -0.39 is 0 Å². The quantitative estimate of drug-likeness (QED) is 0.941. The van der Waals surface area contributed by atoms with E-state index in [2.05, 4.69) is 55.4 Å². The Morgan fingerprint density at radius 1 is 1.33 bits per heavy atom. The van der Waals surface area contributed by atoms with Crippen LogP contribution in [0.3, 0.4) is 0 Å². The molecule has 0 aliphatic rings. The summed E-state index contributed by atoms with van der Waals surface area (Å²) < 4.78 is 2.39. The zero-order valence-corrected chi connectivity index (χ0v) is 12.4. The van der Waals surface area contributed by atoms with Crippen molar-refractivity contribution in [3.63, 3.8) is 0 Å². The number of aryl methyl sites for hydroxylation is 1. The first kappa shape index (κ1) is 12.9. The fourth-order valence-corrected chi connectivity index (χ4v) is 2.43. The molecule has 2 aromatic heterocycles. The van der Waals surface area contributed by atoms with E-state index in [1.54, 1.807) is 11.0 Å². The lowest BCUT2D eigenvalue weighted by atomic mass is 10.0. The maximum absolute atomic E-state index is 4.39. The van der Waals surface area contributed by atoms with Gasteiger partial charge in [0.1, 0.15) is 23.5 Å². The van der Waals surface area contributed by atoms with Gasteiger partial charge in [0.2, 0.25) is 0 Å². The smallest absolute Gasteiger partial charge is 0.157 e. The second-order valence-electron chi connectivity index (χ2n) is 4.24. The average molecular weight is 311 g/mol. The number of anilines is 1. The van der Waals surface area contributed by atoms with Crippen LogP contribution in [0.1, 0.15) is 25.3 Å². The van der Waals surface area contributed by atoms with Crippen LogP contribution in [0.5, 0.6) is 0 Å². The summed E-state index contributed by atoms with van der Waals surface area (Å²) in [6.45, 7) is 4.22. The Hall–Kier alpha value is -1.50. The van der Waals surface area contributed by atoms with Crippen LogP contribution < -0.4 is 5.32 Å². The molecule has 7 heteroatoms. The minimum absolute atomic E-state index is 0.297. The number of nitrogens with zero attached hydrogens (tertiary/aromatic N) is 5. The van der Waals surface area contributed by atoms with E-state index in [1.807, 2.05) is 14.1 Å². The molecule has 0 bridgehead atoms. The molecule has 0 radical (unpaired) electrons. The third-order valence-electron chi connectivity index (χ3n) is 2.71. The highest BCUT2D eigenvalue weighted by molar-refractivity contribution is 9.10. The largest absolute Gasteiger partial charge is 0.373 e. The van der Waals surface area contributed by atoms with Crippen LogP contribution in [0.25, 0.3) is 11.4 Å². The summed E-state index contributed by atoms with van der Waals surface area (Å²) in [5.41, 5.74) is 2.77. The van der Waals surface area contributed by atoms with Crippen molar-refractivity contribution in [2.24, 2.45) is 7.05 Å². The van der Waals surface area contributed by atoms with Crippen molar-refractivity contribution in [2.45, 2.75) is 19.8 Å². The van der Waals surface area contributed by atoms with Gasteiger partial charge in [-0.05, 0) is 21.8 Å². The van der Waals surface area contributed by atoms with E-state index in [0.29, 0.717) is 10.5 Å². The predicted molar refractivity (Wildman–Crippen MR) is 73.4 cm³/mol. The van der Waals surface area contributed by atoms with Crippen molar-refractivity contribution in [2.75, 3.05) is 12.4 Å². The van der Waals surface area contributed by atoms with Gasteiger partial charge in [-0.25, -0.2) is 14.6 Å². The van der Waals surface area contributed by atoms with Crippen molar-refractivity contribution in [1.29, 1.82) is 0 Å². The summed E-state index contributed by atoms with van der Waals surface area (Å²) in [6, 6.07) is 0. The van der Waals surface area contributed by atoms with E-state index >= 15 is 0 Å². The summed E-state index contributed by atoms with van der Waals surface area (Å²) in [5, 5.41) is 11.1. The Kier molecular flexibility index (Phi) is 3.60. The third-order valence-corrected chi connectivity index (χ3v) is 3.24. The predicted octanol–water partition coefficient (Wildman–Crippen LogP) is 2.20. The summed E-state index contributed by atoms with van der Waals surface area (Å²) in [5.74, 6) is 1.13. The highest BCUT2D eigenvalue weighted by atomic mass is 79.9. The topological polar surface area (TPSA) is 68.5 Å². The minimum atomic E-state index is 0.297. The Morgan fingerprint density at radius 2 is 2.06 bits per heavy atom. The molecule has 0 amide bonds. The highest BCUT2D eigenvalue weighted by Gasteiger charge is 2.20. The minimum Gasteiger partial charge on any atom is -0.373 e. The SMILES string of the molecule is CNc1ncnc(-c2c(Br)nnn2C)c1C(C)C. The van der Waals surface area contributed by atoms with E-state index in [4.69, 9.17) is 0 Å². The molecule has 2 rings (SSSR count). The van der Waals surface area contributed by atoms with Gasteiger partial charge in [0.15, 0.2) is 4.60 Å². The molecule has 0 spiro atoms. The van der Waals surface area contributed by atoms with E-state index in [1.165, 1.54) is 0 Å². The van der Waals surface area contributed by atoms with Crippen LogP contribution in [0, 0.1) is 0 Å². The molecule has 0 aliphatic heterocycles. The maximum atomic E-state index is 4.39. The van der Waals surface area contributed by atoms with Crippen LogP contribution >= 0.6 is 15.9 Å². The summed E-state index contributed by atoms with van der Waals surface area (Å²) in [6.07, 6.45) is 1.55. The van der Waals surface area contributed by atoms with Crippen LogP contribution in [0.4, 0.5) is 5.82 Å². The fraction of sp³-hybridized carbons (Fsp3) is 0.455. The standard InChI is InChI=1S/C11H15BrN6/c1-6(2)7-8(14-5-15-11(7)13-3)9-10(12)16-17-18(9)4/h5-6H,1-4H3,(H,13,14,15). The van der Waals surface area contributed by atoms with Gasteiger partial charge in [-0.15, -0.1) is 5.10 Å². The summed E-state index contributed by atoms with van der Waals surface area (Å²) in [4.78, 5) is 8.65. The number of hydrogen-bond acceptors (Lipinski definition) is 5. The molecule has 1 N–H and O–H groups in total. The van der Waals surface area contributed by atoms with Gasteiger partial charge in [-0.3, -0.25) is 0 Å². The molecule has 6 nitrogen and oxygen atoms in total. The first-order valence-corrected chi connectivity index (χ1v) is 6.43. The van der Waals surface area contributed by atoms with Crippen molar-refractivity contribution < 1.29 is 0 Å². The normalized spacial score (nSPS) is 11.0. The van der Waals surface area contributed by atoms with Gasteiger partial charge < -0.3 is 5.32 Å². The summed E-state index contributed by atoms with van der Waals surface area (Å²) in [7, 11) is 3.70. The first-order chi connectivity index (χ1) is 8.56. The van der Waals surface area contributed by atoms with Gasteiger partial charge in [0, 0.05) is 19.7 Å². The molecule has 96 valence electrons. The number of rotatable bonds is 3. The van der Waals surface area contributed by atoms with Gasteiger partial charge in [0.05, 0.1) is 0 Å². The second-order valence-corrected chi connectivity index (χ2v) is 4.99. The molecular weight excluding hydrogens is 296 g/mol. The maximum Gasteiger partial charge on any atom is 0.157 e. The van der Waals surface area contributed by atoms with Crippen molar-refractivity contribution >= 4 is 21.7 Å². The van der Waals surface area contributed by atoms with Crippen molar-refractivity contribution in [1.82, 2.24) is 25.0 Å². The average Bonchev–Trinajstić information content (AvgIpc) is 2.67. The van der Waals surface area contributed by atoms with Gasteiger partial charge >= 0.3 is 0 Å². The Labute approximate surface area is 114 Å². The Balaban J connectivity index is 2.72. The lowest BCUT2D eigenvalue weighted by Gasteiger charge is -2.15. The zero-order valence-electron chi connectivity index (χ0n) is 10.8. The van der Waals surface area contributed by atoms with E-state index in [-0.39, 0.29) is 0 Å². The third kappa shape index (κ3) is 2.10. The second kappa shape index (κ2) is 5.01. The lowest BCUT2D eigenvalue weighted by molar-refractivity contribution is 0.716. The van der Waals surface area contributed by atoms with Crippen LogP contribution in [-0.2, 0) is 7.05 Å². The molecule has 0 atom stereocenters. The van der Waals surface area contributed by atoms with Gasteiger partial charge in [0.25, 0.3) is 0 Å². The number of hydrogen-bond donors (Lipinski definition) is 1. The molecule has 0 saturated heterocycles. The van der Waals surface area contributed by atoms with Crippen molar-refractivity contribution in [3.8, 4) is 11.4 Å². The summed E-state index contributed by atoms with van der Waals surface area (Å²) >= 11 is 3.41. The van der Waals surface area contributed by atoms with Crippen LogP contribution in [-0.4, -0.2) is 32.0 Å². The zero-order chi connectivity index (χ0) is 13.3. The monoisotopic (exact) mass is 310 g/mol. The molecule has 0 aliphatic carbocycles. The molecule has 0 aromatic carbocycles. The van der Waals surface area contributed by atoms with Gasteiger partial charge in [-0.1, -0.05) is 19.1 Å². The van der Waals surface area contributed by atoms with Crippen molar-refractivity contribution in [3.05, 3.63) is 16.5 Å². The molecule has 0 unspecified atom stereocenters. The number of nitrogens with one attached hydrogen (secondary N) is 1. The lowest BCUT2D eigenvalue weighted by Crippen LogP contribution is -2.07. The Morgan fingerprint density at radius 3 is 2.56 bits per heavy atom. The van der Waals surface area contributed by atoms with E-state index in [9.17, 15) is 0 Å². The molecule has 18 heavy (non-hydrogen) atoms. The molecule has 0 saturated carbocycles. The highest BCUT2D eigenvalue weighted by Crippen LogP contribution is 2.33. The molecule has 2 aromatic rings. The first-order valence-electron chi connectivity index (χ1n) is 5.64. The fourth-order valence-electron chi connectivity index (χ4n) is 1.91. The number of halogens is 1. The van der Waals surface area contributed by atoms with E-state index in [0.717, 1.165) is 22.8 Å². The molecule has 2 heterocycles. The van der Waals surface area contributed by atoms with Crippen LogP contribution in [0.15, 0.2) is 10.9 Å². The molecular formula is C11H15BrN6. The Bertz CT molecular complexity index is 543. The number of aromatic nitrogens is 5. The molecule has 0 fully saturated rings. The van der Waals surface area contributed by atoms with Crippen LogP contribution in [0.2, 0.25) is 0 Å². The van der Waals surface area contributed by atoms with Gasteiger partial charge in [-0.2, -0.15) is 0 Å².